The molecule has 2 atom stereocenters. The fourth-order valence-corrected chi connectivity index (χ4v) is 1.68. The summed E-state index contributed by atoms with van der Waals surface area (Å²) in [6.07, 6.45) is 0. The molecule has 1 N–H and O–H groups in total. The molecule has 0 saturated heterocycles. The van der Waals surface area contributed by atoms with E-state index in [4.69, 9.17) is 0 Å². The van der Waals surface area contributed by atoms with Gasteiger partial charge in [0.2, 0.25) is 11.1 Å². The van der Waals surface area contributed by atoms with Gasteiger partial charge in [0, 0.05) is 11.3 Å². The van der Waals surface area contributed by atoms with Crippen molar-refractivity contribution in [2.24, 2.45) is 0 Å². The summed E-state index contributed by atoms with van der Waals surface area (Å²) in [7, 11) is 0. The average Bonchev–Trinajstić information content (AvgIpc) is 2.15. The summed E-state index contributed by atoms with van der Waals surface area (Å²) in [6.45, 7) is 1.89. The van der Waals surface area contributed by atoms with E-state index in [0.717, 1.165) is 5.56 Å². The summed E-state index contributed by atoms with van der Waals surface area (Å²) in [4.78, 5) is 1.97. The number of hydrogen-bond donors (Lipinski definition) is 1. The van der Waals surface area contributed by atoms with E-state index in [0.29, 0.717) is 4.90 Å². The zero-order chi connectivity index (χ0) is 10.6. The molecular formula is C7H8NO4S2-. The van der Waals surface area contributed by atoms with E-state index in [1.54, 1.807) is 29.2 Å². The van der Waals surface area contributed by atoms with Gasteiger partial charge in [0.15, 0.2) is 0 Å². The first kappa shape index (κ1) is 11.5. The number of aryl methyl sites for hydroxylation is 1. The Labute approximate surface area is 86.5 Å². The highest BCUT2D eigenvalue weighted by Crippen LogP contribution is 2.08. The highest BCUT2D eigenvalue weighted by molar-refractivity contribution is 7.81. The molecule has 1 aromatic carbocycles. The number of benzene rings is 1. The predicted molar refractivity (Wildman–Crippen MR) is 50.7 cm³/mol. The highest BCUT2D eigenvalue weighted by atomic mass is 32.2. The van der Waals surface area contributed by atoms with Gasteiger partial charge in [-0.2, -0.15) is 4.28 Å². The maximum atomic E-state index is 11.2. The maximum absolute atomic E-state index is 11.2. The Kier molecular flexibility index (Phi) is 4.36. The molecule has 0 heterocycles. The van der Waals surface area contributed by atoms with Gasteiger partial charge in [-0.05, 0) is 19.1 Å². The normalized spacial score (nSPS) is 15.0. The van der Waals surface area contributed by atoms with Gasteiger partial charge in [0.1, 0.15) is 0 Å². The lowest BCUT2D eigenvalue weighted by Crippen LogP contribution is -2.18. The van der Waals surface area contributed by atoms with Crippen molar-refractivity contribution in [2.75, 3.05) is 0 Å². The average molecular weight is 234 g/mol. The van der Waals surface area contributed by atoms with E-state index >= 15 is 0 Å². The van der Waals surface area contributed by atoms with Gasteiger partial charge >= 0.3 is 0 Å². The molecule has 0 saturated carbocycles. The zero-order valence-electron chi connectivity index (χ0n) is 7.26. The van der Waals surface area contributed by atoms with Gasteiger partial charge < -0.3 is 4.55 Å². The molecule has 0 aliphatic rings. The van der Waals surface area contributed by atoms with Crippen molar-refractivity contribution in [3.63, 3.8) is 0 Å². The quantitative estimate of drug-likeness (QED) is 0.601. The summed E-state index contributed by atoms with van der Waals surface area (Å²) in [5.74, 6) is 0. The fourth-order valence-electron chi connectivity index (χ4n) is 0.756. The molecule has 1 aromatic rings. The Morgan fingerprint density at radius 1 is 1.29 bits per heavy atom. The Balaban J connectivity index is 2.61. The van der Waals surface area contributed by atoms with E-state index in [-0.39, 0.29) is 0 Å². The van der Waals surface area contributed by atoms with Gasteiger partial charge in [-0.15, -0.1) is 4.89 Å². The van der Waals surface area contributed by atoms with Crippen LogP contribution in [-0.4, -0.2) is 13.0 Å². The molecule has 0 aromatic heterocycles. The van der Waals surface area contributed by atoms with Gasteiger partial charge in [0.05, 0.1) is 4.90 Å². The Hall–Kier alpha value is -0.600. The molecule has 0 aliphatic heterocycles. The van der Waals surface area contributed by atoms with Gasteiger partial charge in [-0.25, -0.2) is 4.21 Å². The Bertz CT molecular complexity index is 351. The van der Waals surface area contributed by atoms with Gasteiger partial charge in [-0.1, -0.05) is 17.7 Å². The minimum atomic E-state index is -2.58. The smallest absolute Gasteiger partial charge is 0.207 e. The van der Waals surface area contributed by atoms with Crippen LogP contribution in [0.5, 0.6) is 0 Å². The summed E-state index contributed by atoms with van der Waals surface area (Å²) >= 11 is -4.40. The van der Waals surface area contributed by atoms with Crippen molar-refractivity contribution < 1.29 is 17.3 Å². The molecule has 7 heteroatoms. The highest BCUT2D eigenvalue weighted by Gasteiger charge is 2.03. The van der Waals surface area contributed by atoms with Crippen molar-refractivity contribution in [3.05, 3.63) is 29.8 Å². The molecular weight excluding hydrogens is 226 g/mol. The SMILES string of the molecule is Cc1ccc(S(=O)ONS(=O)[O-])cc1. The summed E-state index contributed by atoms with van der Waals surface area (Å²) < 4.78 is 35.6. The lowest BCUT2D eigenvalue weighted by Gasteiger charge is -2.06. The van der Waals surface area contributed by atoms with Crippen molar-refractivity contribution >= 4 is 22.3 Å². The molecule has 2 unspecified atom stereocenters. The Morgan fingerprint density at radius 2 is 1.86 bits per heavy atom. The standard InChI is InChI=1S/C7H9NO4S2/c1-6-2-4-7(5-3-6)13(9)12-8-14(10)11/h2-5,8H,1H3,(H,10,11)/p-1. The molecule has 0 radical (unpaired) electrons. The van der Waals surface area contributed by atoms with Crippen LogP contribution in [0.2, 0.25) is 0 Å². The van der Waals surface area contributed by atoms with Crippen molar-refractivity contribution in [1.29, 1.82) is 0 Å². The maximum Gasteiger partial charge on any atom is 0.207 e. The first-order valence-electron chi connectivity index (χ1n) is 3.60. The molecule has 5 nitrogen and oxygen atoms in total. The minimum Gasteiger partial charge on any atom is -0.758 e. The lowest BCUT2D eigenvalue weighted by atomic mass is 10.2. The predicted octanol–water partition coefficient (Wildman–Crippen LogP) is 0.333. The fraction of sp³-hybridized carbons (Fsp3) is 0.143. The third kappa shape index (κ3) is 3.64. The summed E-state index contributed by atoms with van der Waals surface area (Å²) in [5, 5.41) is 0. The topological polar surface area (TPSA) is 78.5 Å². The van der Waals surface area contributed by atoms with E-state index in [1.807, 2.05) is 6.92 Å². The minimum absolute atomic E-state index is 0.397. The largest absolute Gasteiger partial charge is 0.758 e. The zero-order valence-corrected chi connectivity index (χ0v) is 8.89. The molecule has 78 valence electrons. The second kappa shape index (κ2) is 5.32. The molecule has 0 fully saturated rings. The van der Waals surface area contributed by atoms with Crippen LogP contribution in [0.15, 0.2) is 29.2 Å². The summed E-state index contributed by atoms with van der Waals surface area (Å²) in [5.41, 5.74) is 1.02. The van der Waals surface area contributed by atoms with Gasteiger partial charge in [-0.3, -0.25) is 4.21 Å². The molecule has 1 rings (SSSR count). The van der Waals surface area contributed by atoms with Crippen molar-refractivity contribution in [2.45, 2.75) is 11.8 Å². The molecule has 0 bridgehead atoms. The molecule has 0 aliphatic carbocycles. The first-order chi connectivity index (χ1) is 6.59. The van der Waals surface area contributed by atoms with E-state index in [1.165, 1.54) is 0 Å². The number of hydrogen-bond acceptors (Lipinski definition) is 4. The van der Waals surface area contributed by atoms with Crippen LogP contribution < -0.4 is 4.89 Å². The van der Waals surface area contributed by atoms with Crippen LogP contribution in [-0.2, 0) is 26.6 Å². The second-order valence-corrected chi connectivity index (χ2v) is 4.19. The van der Waals surface area contributed by atoms with Crippen LogP contribution >= 0.6 is 0 Å². The van der Waals surface area contributed by atoms with Crippen LogP contribution in [0.4, 0.5) is 0 Å². The number of nitrogens with one attached hydrogen (secondary N) is 1. The molecule has 0 spiro atoms. The van der Waals surface area contributed by atoms with Crippen molar-refractivity contribution in [3.8, 4) is 0 Å². The van der Waals surface area contributed by atoms with Crippen LogP contribution in [0.1, 0.15) is 5.56 Å². The molecule has 0 amide bonds. The van der Waals surface area contributed by atoms with Gasteiger partial charge in [0.25, 0.3) is 0 Å². The third-order valence-electron chi connectivity index (χ3n) is 1.39. The van der Waals surface area contributed by atoms with E-state index in [2.05, 4.69) is 4.28 Å². The Morgan fingerprint density at radius 3 is 2.36 bits per heavy atom. The van der Waals surface area contributed by atoms with E-state index in [9.17, 15) is 13.0 Å². The van der Waals surface area contributed by atoms with E-state index < -0.39 is 22.3 Å². The lowest BCUT2D eigenvalue weighted by molar-refractivity contribution is 0.291. The first-order valence-corrected chi connectivity index (χ1v) is 5.75. The second-order valence-electron chi connectivity index (χ2n) is 2.45. The summed E-state index contributed by atoms with van der Waals surface area (Å²) in [6, 6.07) is 6.71. The number of rotatable bonds is 4. The molecule has 14 heavy (non-hydrogen) atoms. The third-order valence-corrected chi connectivity index (χ3v) is 2.61. The van der Waals surface area contributed by atoms with Crippen LogP contribution in [0, 0.1) is 6.92 Å². The van der Waals surface area contributed by atoms with Crippen LogP contribution in [0.25, 0.3) is 0 Å². The van der Waals surface area contributed by atoms with Crippen molar-refractivity contribution in [1.82, 2.24) is 4.89 Å². The van der Waals surface area contributed by atoms with Crippen LogP contribution in [0.3, 0.4) is 0 Å². The monoisotopic (exact) mass is 234 g/mol.